The lowest BCUT2D eigenvalue weighted by molar-refractivity contribution is 0.257. The van der Waals surface area contributed by atoms with Gasteiger partial charge in [0.05, 0.1) is 0 Å². The maximum absolute atomic E-state index is 3.73. The van der Waals surface area contributed by atoms with Crippen molar-refractivity contribution < 1.29 is 0 Å². The van der Waals surface area contributed by atoms with E-state index in [0.29, 0.717) is 6.04 Å². The molecular weight excluding hydrogens is 210 g/mol. The summed E-state index contributed by atoms with van der Waals surface area (Å²) in [5.41, 5.74) is 0. The van der Waals surface area contributed by atoms with Crippen LogP contribution in [0.1, 0.15) is 40.0 Å². The summed E-state index contributed by atoms with van der Waals surface area (Å²) in [5, 5.41) is 3.73. The van der Waals surface area contributed by atoms with Crippen LogP contribution < -0.4 is 5.32 Å². The molecule has 1 N–H and O–H groups in total. The molecule has 3 heteroatoms. The molecule has 0 aromatic carbocycles. The fourth-order valence-corrected chi connectivity index (χ4v) is 2.87. The Morgan fingerprint density at radius 1 is 1.29 bits per heavy atom. The molecule has 2 aliphatic rings. The first-order valence-corrected chi connectivity index (χ1v) is 7.42. The number of nitrogens with zero attached hydrogens (tertiary/aromatic N) is 2. The molecule has 0 amide bonds. The molecule has 0 radical (unpaired) electrons. The molecule has 17 heavy (non-hydrogen) atoms. The Kier molecular flexibility index (Phi) is 4.83. The first-order valence-electron chi connectivity index (χ1n) is 7.42. The highest BCUT2D eigenvalue weighted by atomic mass is 15.2. The Hall–Kier alpha value is -0.120. The maximum atomic E-state index is 3.73. The fraction of sp³-hybridized carbons (Fsp3) is 1.00. The molecule has 1 saturated carbocycles. The van der Waals surface area contributed by atoms with Crippen molar-refractivity contribution >= 4 is 0 Å². The normalized spacial score (nSPS) is 26.3. The largest absolute Gasteiger partial charge is 0.311 e. The SMILES string of the molecule is CCN(CCNC1CCN(C(C)C)C1)C1CC1. The van der Waals surface area contributed by atoms with Crippen LogP contribution in [-0.4, -0.2) is 60.6 Å². The second-order valence-electron chi connectivity index (χ2n) is 5.89. The molecule has 1 saturated heterocycles. The van der Waals surface area contributed by atoms with Crippen molar-refractivity contribution in [2.45, 2.75) is 58.2 Å². The zero-order valence-electron chi connectivity index (χ0n) is 11.8. The lowest BCUT2D eigenvalue weighted by Crippen LogP contribution is -2.40. The van der Waals surface area contributed by atoms with E-state index in [1.165, 1.54) is 52.0 Å². The van der Waals surface area contributed by atoms with E-state index < -0.39 is 0 Å². The molecule has 1 aliphatic carbocycles. The Morgan fingerprint density at radius 3 is 2.59 bits per heavy atom. The molecule has 100 valence electrons. The predicted octanol–water partition coefficient (Wildman–Crippen LogP) is 1.54. The molecular formula is C14H29N3. The Morgan fingerprint density at radius 2 is 2.06 bits per heavy atom. The lowest BCUT2D eigenvalue weighted by Gasteiger charge is -2.23. The van der Waals surface area contributed by atoms with Crippen LogP contribution in [0.15, 0.2) is 0 Å². The molecule has 0 bridgehead atoms. The van der Waals surface area contributed by atoms with E-state index >= 15 is 0 Å². The summed E-state index contributed by atoms with van der Waals surface area (Å²) in [6, 6.07) is 2.35. The van der Waals surface area contributed by atoms with Gasteiger partial charge < -0.3 is 5.32 Å². The third kappa shape index (κ3) is 3.94. The predicted molar refractivity (Wildman–Crippen MR) is 73.4 cm³/mol. The second-order valence-corrected chi connectivity index (χ2v) is 5.89. The zero-order valence-corrected chi connectivity index (χ0v) is 11.8. The molecule has 1 unspecified atom stereocenters. The third-order valence-electron chi connectivity index (χ3n) is 4.25. The van der Waals surface area contributed by atoms with Crippen LogP contribution in [0, 0.1) is 0 Å². The van der Waals surface area contributed by atoms with Crippen molar-refractivity contribution in [1.29, 1.82) is 0 Å². The summed E-state index contributed by atoms with van der Waals surface area (Å²) < 4.78 is 0. The van der Waals surface area contributed by atoms with E-state index in [-0.39, 0.29) is 0 Å². The van der Waals surface area contributed by atoms with E-state index in [1.54, 1.807) is 0 Å². The number of rotatable bonds is 7. The lowest BCUT2D eigenvalue weighted by atomic mass is 10.2. The Labute approximate surface area is 107 Å². The monoisotopic (exact) mass is 239 g/mol. The van der Waals surface area contributed by atoms with Crippen LogP contribution in [-0.2, 0) is 0 Å². The summed E-state index contributed by atoms with van der Waals surface area (Å²) in [4.78, 5) is 5.21. The average molecular weight is 239 g/mol. The first kappa shape index (κ1) is 13.3. The molecule has 1 atom stereocenters. The van der Waals surface area contributed by atoms with Gasteiger partial charge in [-0.25, -0.2) is 0 Å². The summed E-state index contributed by atoms with van der Waals surface area (Å²) in [5.74, 6) is 0. The number of hydrogen-bond acceptors (Lipinski definition) is 3. The van der Waals surface area contributed by atoms with E-state index in [9.17, 15) is 0 Å². The summed E-state index contributed by atoms with van der Waals surface area (Å²) >= 11 is 0. The van der Waals surface area contributed by atoms with Gasteiger partial charge in [0.25, 0.3) is 0 Å². The van der Waals surface area contributed by atoms with Crippen molar-refractivity contribution in [2.24, 2.45) is 0 Å². The molecule has 1 heterocycles. The maximum Gasteiger partial charge on any atom is 0.0207 e. The van der Waals surface area contributed by atoms with Gasteiger partial charge >= 0.3 is 0 Å². The smallest absolute Gasteiger partial charge is 0.0207 e. The van der Waals surface area contributed by atoms with Crippen molar-refractivity contribution in [1.82, 2.24) is 15.1 Å². The molecule has 0 aromatic heterocycles. The zero-order chi connectivity index (χ0) is 12.3. The van der Waals surface area contributed by atoms with Gasteiger partial charge in [0.2, 0.25) is 0 Å². The van der Waals surface area contributed by atoms with Crippen LogP contribution >= 0.6 is 0 Å². The highest BCUT2D eigenvalue weighted by molar-refractivity contribution is 4.86. The van der Waals surface area contributed by atoms with Crippen LogP contribution in [0.3, 0.4) is 0 Å². The van der Waals surface area contributed by atoms with E-state index in [0.717, 1.165) is 12.1 Å². The van der Waals surface area contributed by atoms with Gasteiger partial charge in [-0.2, -0.15) is 0 Å². The van der Waals surface area contributed by atoms with E-state index in [4.69, 9.17) is 0 Å². The molecule has 0 spiro atoms. The quantitative estimate of drug-likeness (QED) is 0.727. The van der Waals surface area contributed by atoms with Crippen molar-refractivity contribution in [2.75, 3.05) is 32.7 Å². The standard InChI is InChI=1S/C14H29N3/c1-4-16(14-5-6-14)10-8-15-13-7-9-17(11-13)12(2)3/h12-15H,4-11H2,1-3H3. The molecule has 2 fully saturated rings. The minimum atomic E-state index is 0.709. The summed E-state index contributed by atoms with van der Waals surface area (Å²) in [6.45, 7) is 13.0. The van der Waals surface area contributed by atoms with E-state index in [2.05, 4.69) is 35.9 Å². The molecule has 0 aromatic rings. The second kappa shape index (κ2) is 6.17. The average Bonchev–Trinajstić information content (AvgIpc) is 3.03. The number of likely N-dealkylation sites (N-methyl/N-ethyl adjacent to an activating group) is 1. The van der Waals surface area contributed by atoms with Crippen molar-refractivity contribution in [3.05, 3.63) is 0 Å². The van der Waals surface area contributed by atoms with Gasteiger partial charge in [0, 0.05) is 37.8 Å². The van der Waals surface area contributed by atoms with Gasteiger partial charge in [0.1, 0.15) is 0 Å². The Bertz CT molecular complexity index is 226. The number of nitrogens with one attached hydrogen (secondary N) is 1. The van der Waals surface area contributed by atoms with Gasteiger partial charge in [-0.15, -0.1) is 0 Å². The van der Waals surface area contributed by atoms with Crippen molar-refractivity contribution in [3.63, 3.8) is 0 Å². The summed E-state index contributed by atoms with van der Waals surface area (Å²) in [7, 11) is 0. The number of likely N-dealkylation sites (tertiary alicyclic amines) is 1. The minimum Gasteiger partial charge on any atom is -0.311 e. The van der Waals surface area contributed by atoms with Gasteiger partial charge in [-0.3, -0.25) is 9.80 Å². The highest BCUT2D eigenvalue weighted by Crippen LogP contribution is 2.25. The molecule has 1 aliphatic heterocycles. The van der Waals surface area contributed by atoms with Crippen molar-refractivity contribution in [3.8, 4) is 0 Å². The van der Waals surface area contributed by atoms with E-state index in [1.807, 2.05) is 0 Å². The first-order chi connectivity index (χ1) is 8.20. The topological polar surface area (TPSA) is 18.5 Å². The van der Waals surface area contributed by atoms with Gasteiger partial charge in [-0.05, 0) is 46.2 Å². The number of hydrogen-bond donors (Lipinski definition) is 1. The highest BCUT2D eigenvalue weighted by Gasteiger charge is 2.28. The van der Waals surface area contributed by atoms with Crippen LogP contribution in [0.5, 0.6) is 0 Å². The fourth-order valence-electron chi connectivity index (χ4n) is 2.87. The summed E-state index contributed by atoms with van der Waals surface area (Å²) in [6.07, 6.45) is 4.19. The minimum absolute atomic E-state index is 0.709. The van der Waals surface area contributed by atoms with Gasteiger partial charge in [0.15, 0.2) is 0 Å². The third-order valence-corrected chi connectivity index (χ3v) is 4.25. The van der Waals surface area contributed by atoms with Crippen LogP contribution in [0.25, 0.3) is 0 Å². The Balaban J connectivity index is 1.59. The van der Waals surface area contributed by atoms with Crippen LogP contribution in [0.4, 0.5) is 0 Å². The molecule has 2 rings (SSSR count). The molecule has 3 nitrogen and oxygen atoms in total. The van der Waals surface area contributed by atoms with Crippen LogP contribution in [0.2, 0.25) is 0 Å². The van der Waals surface area contributed by atoms with Gasteiger partial charge in [-0.1, -0.05) is 6.92 Å².